The Kier molecular flexibility index (Phi) is 4.88. The van der Waals surface area contributed by atoms with Crippen molar-refractivity contribution < 1.29 is 21.6 Å². The minimum atomic E-state index is -4.74. The summed E-state index contributed by atoms with van der Waals surface area (Å²) in [5.41, 5.74) is 0.0868. The summed E-state index contributed by atoms with van der Waals surface area (Å²) in [7, 11) is -4.18. The van der Waals surface area contributed by atoms with Crippen molar-refractivity contribution >= 4 is 27.3 Å². The van der Waals surface area contributed by atoms with Crippen LogP contribution in [0.15, 0.2) is 35.2 Å². The molecule has 0 heterocycles. The van der Waals surface area contributed by atoms with Crippen molar-refractivity contribution in [2.24, 2.45) is 0 Å². The van der Waals surface area contributed by atoms with Gasteiger partial charge in [-0.2, -0.15) is 13.2 Å². The summed E-state index contributed by atoms with van der Waals surface area (Å²) < 4.78 is 66.6. The molecule has 0 saturated heterocycles. The first-order valence-electron chi connectivity index (χ1n) is 6.89. The number of sulfonamides is 1. The fourth-order valence-electron chi connectivity index (χ4n) is 2.63. The van der Waals surface area contributed by atoms with E-state index in [0.29, 0.717) is 17.2 Å². The fraction of sp³-hybridized carbons (Fsp3) is 0.250. The lowest BCUT2D eigenvalue weighted by molar-refractivity contribution is -0.136. The summed E-state index contributed by atoms with van der Waals surface area (Å²) in [6.07, 6.45) is -4.74. The lowest BCUT2D eigenvalue weighted by Crippen LogP contribution is -2.19. The van der Waals surface area contributed by atoms with Crippen LogP contribution in [0.4, 0.5) is 18.9 Å². The molecular weight excluding hydrogens is 363 g/mol. The second-order valence-corrected chi connectivity index (χ2v) is 7.58. The number of rotatable bonds is 3. The molecular formula is C16H15ClF3NO2S. The van der Waals surface area contributed by atoms with Crippen molar-refractivity contribution in [3.05, 3.63) is 57.6 Å². The van der Waals surface area contributed by atoms with Gasteiger partial charge in [-0.25, -0.2) is 8.42 Å². The molecule has 2 rings (SSSR count). The summed E-state index contributed by atoms with van der Waals surface area (Å²) in [5, 5.41) is -0.132. The molecule has 0 amide bonds. The Hall–Kier alpha value is -1.73. The maximum Gasteiger partial charge on any atom is 0.418 e. The molecule has 130 valence electrons. The van der Waals surface area contributed by atoms with Crippen LogP contribution in [0.1, 0.15) is 22.3 Å². The van der Waals surface area contributed by atoms with Crippen molar-refractivity contribution in [3.8, 4) is 0 Å². The Morgan fingerprint density at radius 1 is 1.00 bits per heavy atom. The van der Waals surface area contributed by atoms with Gasteiger partial charge in [0, 0.05) is 5.02 Å². The smallest absolute Gasteiger partial charge is 0.279 e. The quantitative estimate of drug-likeness (QED) is 0.810. The highest BCUT2D eigenvalue weighted by Gasteiger charge is 2.35. The molecule has 0 bridgehead atoms. The lowest BCUT2D eigenvalue weighted by Gasteiger charge is -2.17. The zero-order chi connectivity index (χ0) is 18.3. The van der Waals surface area contributed by atoms with E-state index in [9.17, 15) is 21.6 Å². The van der Waals surface area contributed by atoms with E-state index in [4.69, 9.17) is 11.6 Å². The van der Waals surface area contributed by atoms with Crippen LogP contribution < -0.4 is 4.72 Å². The SMILES string of the molecule is Cc1cc(C)c(S(=O)(=O)Nc2ccc(Cl)cc2C(F)(F)F)c(C)c1. The maximum atomic E-state index is 13.1. The molecule has 3 nitrogen and oxygen atoms in total. The fourth-order valence-corrected chi connectivity index (χ4v) is 4.33. The van der Waals surface area contributed by atoms with Crippen molar-refractivity contribution in [3.63, 3.8) is 0 Å². The highest BCUT2D eigenvalue weighted by molar-refractivity contribution is 7.92. The molecule has 24 heavy (non-hydrogen) atoms. The summed E-state index contributed by atoms with van der Waals surface area (Å²) in [6.45, 7) is 5.01. The van der Waals surface area contributed by atoms with Crippen LogP contribution in [0.2, 0.25) is 5.02 Å². The molecule has 1 N–H and O–H groups in total. The van der Waals surface area contributed by atoms with Crippen molar-refractivity contribution in [1.29, 1.82) is 0 Å². The number of hydrogen-bond acceptors (Lipinski definition) is 2. The first kappa shape index (κ1) is 18.6. The Balaban J connectivity index is 2.56. The number of aryl methyl sites for hydroxylation is 3. The molecule has 2 aromatic rings. The van der Waals surface area contributed by atoms with Crippen molar-refractivity contribution in [1.82, 2.24) is 0 Å². The van der Waals surface area contributed by atoms with Crippen molar-refractivity contribution in [2.45, 2.75) is 31.8 Å². The highest BCUT2D eigenvalue weighted by atomic mass is 35.5. The van der Waals surface area contributed by atoms with Crippen LogP contribution in [0.25, 0.3) is 0 Å². The first-order chi connectivity index (χ1) is 10.9. The Bertz CT molecular complexity index is 870. The largest absolute Gasteiger partial charge is 0.418 e. The number of anilines is 1. The molecule has 0 aliphatic carbocycles. The second-order valence-electron chi connectivity index (χ2n) is 5.52. The van der Waals surface area contributed by atoms with Gasteiger partial charge in [0.05, 0.1) is 16.1 Å². The number of hydrogen-bond donors (Lipinski definition) is 1. The van der Waals surface area contributed by atoms with Crippen LogP contribution in [-0.2, 0) is 16.2 Å². The van der Waals surface area contributed by atoms with E-state index in [-0.39, 0.29) is 9.92 Å². The zero-order valence-corrected chi connectivity index (χ0v) is 14.7. The van der Waals surface area contributed by atoms with Gasteiger partial charge in [-0.1, -0.05) is 29.3 Å². The molecule has 0 saturated carbocycles. The van der Waals surface area contributed by atoms with E-state index in [2.05, 4.69) is 0 Å². The molecule has 0 radical (unpaired) electrons. The third-order valence-corrected chi connectivity index (χ3v) is 5.31. The van der Waals surface area contributed by atoms with Crippen LogP contribution >= 0.6 is 11.6 Å². The van der Waals surface area contributed by atoms with E-state index in [1.54, 1.807) is 26.0 Å². The predicted octanol–water partition coefficient (Wildman–Crippen LogP) is 5.08. The van der Waals surface area contributed by atoms with Gasteiger partial charge in [0.1, 0.15) is 0 Å². The molecule has 8 heteroatoms. The molecule has 0 atom stereocenters. The molecule has 0 fully saturated rings. The molecule has 0 aromatic heterocycles. The van der Waals surface area contributed by atoms with Gasteiger partial charge in [-0.3, -0.25) is 4.72 Å². The number of nitrogens with one attached hydrogen (secondary N) is 1. The summed E-state index contributed by atoms with van der Waals surface area (Å²) in [5.74, 6) is 0. The minimum absolute atomic E-state index is 0.0313. The monoisotopic (exact) mass is 377 g/mol. The van der Waals surface area contributed by atoms with Crippen LogP contribution in [0.5, 0.6) is 0 Å². The third-order valence-electron chi connectivity index (χ3n) is 3.40. The van der Waals surface area contributed by atoms with E-state index < -0.39 is 27.5 Å². The number of halogens is 4. The van der Waals surface area contributed by atoms with Gasteiger partial charge in [0.2, 0.25) is 0 Å². The number of alkyl halides is 3. The molecule has 0 unspecified atom stereocenters. The lowest BCUT2D eigenvalue weighted by atomic mass is 10.1. The van der Waals surface area contributed by atoms with E-state index in [1.807, 2.05) is 11.6 Å². The van der Waals surface area contributed by atoms with E-state index in [1.165, 1.54) is 6.07 Å². The van der Waals surface area contributed by atoms with Gasteiger partial charge in [-0.05, 0) is 50.1 Å². The predicted molar refractivity (Wildman–Crippen MR) is 87.9 cm³/mol. The Morgan fingerprint density at radius 3 is 2.04 bits per heavy atom. The normalized spacial score (nSPS) is 12.3. The van der Waals surface area contributed by atoms with Crippen LogP contribution in [0.3, 0.4) is 0 Å². The second kappa shape index (κ2) is 6.29. The van der Waals surface area contributed by atoms with Gasteiger partial charge in [-0.15, -0.1) is 0 Å². The molecule has 0 aliphatic rings. The van der Waals surface area contributed by atoms with E-state index in [0.717, 1.165) is 11.6 Å². The Morgan fingerprint density at radius 2 is 1.54 bits per heavy atom. The summed E-state index contributed by atoms with van der Waals surface area (Å²) in [6, 6.07) is 6.21. The first-order valence-corrected chi connectivity index (χ1v) is 8.75. The van der Waals surface area contributed by atoms with Crippen LogP contribution in [0, 0.1) is 20.8 Å². The maximum absolute atomic E-state index is 13.1. The van der Waals surface area contributed by atoms with Crippen molar-refractivity contribution in [2.75, 3.05) is 4.72 Å². The van der Waals surface area contributed by atoms with Gasteiger partial charge >= 0.3 is 6.18 Å². The average Bonchev–Trinajstić information content (AvgIpc) is 2.37. The summed E-state index contributed by atoms with van der Waals surface area (Å²) >= 11 is 5.60. The van der Waals surface area contributed by atoms with Crippen LogP contribution in [-0.4, -0.2) is 8.42 Å². The third kappa shape index (κ3) is 3.84. The molecule has 0 aliphatic heterocycles. The average molecular weight is 378 g/mol. The van der Waals surface area contributed by atoms with Gasteiger partial charge in [0.15, 0.2) is 0 Å². The minimum Gasteiger partial charge on any atom is -0.279 e. The summed E-state index contributed by atoms with van der Waals surface area (Å²) in [4.78, 5) is -0.0313. The highest BCUT2D eigenvalue weighted by Crippen LogP contribution is 2.37. The zero-order valence-electron chi connectivity index (χ0n) is 13.1. The number of benzene rings is 2. The Labute approximate surface area is 143 Å². The van der Waals surface area contributed by atoms with Gasteiger partial charge in [0.25, 0.3) is 10.0 Å². The standard InChI is InChI=1S/C16H15ClF3NO2S/c1-9-6-10(2)15(11(3)7-9)24(22,23)21-14-5-4-12(17)8-13(14)16(18,19)20/h4-8,21H,1-3H3. The molecule has 2 aromatic carbocycles. The van der Waals surface area contributed by atoms with E-state index >= 15 is 0 Å². The molecule has 0 spiro atoms. The topological polar surface area (TPSA) is 46.2 Å². The van der Waals surface area contributed by atoms with Gasteiger partial charge < -0.3 is 0 Å².